The van der Waals surface area contributed by atoms with Crippen LogP contribution in [0.4, 0.5) is 0 Å². The highest BCUT2D eigenvalue weighted by molar-refractivity contribution is 6.13. The highest BCUT2D eigenvalue weighted by Crippen LogP contribution is 2.48. The van der Waals surface area contributed by atoms with Gasteiger partial charge in [0.2, 0.25) is 0 Å². The number of phenolic OH excluding ortho intramolecular Hbond substituents is 2. The molecule has 0 bridgehead atoms. The Morgan fingerprint density at radius 3 is 0.865 bits per heavy atom. The topological polar surface area (TPSA) is 68.8 Å². The molecule has 2 aromatic heterocycles. The lowest BCUT2D eigenvalue weighted by atomic mass is 9.97. The highest BCUT2D eigenvalue weighted by atomic mass is 16.5. The molecule has 2 N–H and O–H groups in total. The molecule has 6 nitrogen and oxygen atoms in total. The van der Waals surface area contributed by atoms with Crippen LogP contribution in [0.5, 0.6) is 23.0 Å². The van der Waals surface area contributed by atoms with Gasteiger partial charge < -0.3 is 28.8 Å². The molecule has 89 heavy (non-hydrogen) atoms. The third-order valence-electron chi connectivity index (χ3n) is 18.0. The number of phenols is 2. The van der Waals surface area contributed by atoms with Crippen molar-refractivity contribution in [2.45, 2.75) is 74.0 Å². The molecule has 0 fully saturated rings. The SMILES string of the molecule is Cc1cc(-c2ccccc2O[C@@H](C)C[C@H](C)Oc2ccccc2-c2cc(C)cc(-n3c4ccc(-c5ccccc5C)cc4c4cc(-c5ccccc5C)ccc43)c2O)c(O)c(-n2c3ccc(-c4ccccc4C)cc3c3cc(-c4ccccc4C)ccc32)c1. The van der Waals surface area contributed by atoms with Gasteiger partial charge in [0, 0.05) is 50.2 Å². The maximum atomic E-state index is 12.8. The number of para-hydroxylation sites is 2. The standard InChI is InChI=1S/C83H70N2O4/c1-50-41-72(82(86)78(43-50)84-74-37-33-58(62-25-13-9-21-52(62)3)46-68(74)69-47-59(34-38-75(69)84)63-26-14-10-22-53(63)4)66-29-17-19-31-80(66)88-56(7)45-57(8)89-81-32-20-18-30-67(81)73-42-51(2)44-79(83(73)87)85-76-39-35-60(64-27-15-11-23-54(64)5)48-70(76)71-49-61(36-40-77(71)85)65-28-16-12-24-55(65)6/h9-44,46-49,56-57,86-87H,45H2,1-8H3/t56-,57-/m0/s1. The summed E-state index contributed by atoms with van der Waals surface area (Å²) in [6.07, 6.45) is -0.0383. The summed E-state index contributed by atoms with van der Waals surface area (Å²) in [5.41, 5.74) is 24.5. The molecule has 436 valence electrons. The van der Waals surface area contributed by atoms with Crippen molar-refractivity contribution in [2.24, 2.45) is 0 Å². The van der Waals surface area contributed by atoms with Gasteiger partial charge in [-0.15, -0.1) is 0 Å². The van der Waals surface area contributed by atoms with E-state index in [0.717, 1.165) is 88.1 Å². The van der Waals surface area contributed by atoms with Gasteiger partial charge in [0.05, 0.1) is 45.6 Å². The number of aryl methyl sites for hydroxylation is 6. The van der Waals surface area contributed by atoms with Crippen molar-refractivity contribution in [1.29, 1.82) is 0 Å². The molecule has 2 heterocycles. The van der Waals surface area contributed by atoms with Gasteiger partial charge in [0.25, 0.3) is 0 Å². The zero-order valence-electron chi connectivity index (χ0n) is 51.6. The summed E-state index contributed by atoms with van der Waals surface area (Å²) in [7, 11) is 0. The molecule has 0 saturated heterocycles. The van der Waals surface area contributed by atoms with E-state index in [1.54, 1.807) is 0 Å². The molecule has 2 atom stereocenters. The van der Waals surface area contributed by atoms with Gasteiger partial charge in [-0.1, -0.05) is 158 Å². The van der Waals surface area contributed by atoms with E-state index in [9.17, 15) is 10.2 Å². The fourth-order valence-corrected chi connectivity index (χ4v) is 13.7. The average molecular weight is 1160 g/mol. The number of rotatable bonds is 14. The molecule has 14 rings (SSSR count). The number of ether oxygens (including phenoxy) is 2. The van der Waals surface area contributed by atoms with Gasteiger partial charge in [0.15, 0.2) is 0 Å². The van der Waals surface area contributed by atoms with E-state index in [1.165, 1.54) is 44.5 Å². The quantitative estimate of drug-likeness (QED) is 0.114. The summed E-state index contributed by atoms with van der Waals surface area (Å²) in [4.78, 5) is 0. The largest absolute Gasteiger partial charge is 0.505 e. The molecule has 0 aliphatic heterocycles. The first-order chi connectivity index (χ1) is 43.3. The fourth-order valence-electron chi connectivity index (χ4n) is 13.7. The van der Waals surface area contributed by atoms with Crippen LogP contribution in [0, 0.1) is 41.5 Å². The van der Waals surface area contributed by atoms with Crippen LogP contribution in [0.15, 0.2) is 243 Å². The first kappa shape index (κ1) is 56.3. The number of hydrogen-bond acceptors (Lipinski definition) is 4. The first-order valence-corrected chi connectivity index (χ1v) is 30.9. The number of aromatic hydroxyl groups is 2. The molecule has 0 aliphatic carbocycles. The van der Waals surface area contributed by atoms with Crippen LogP contribution in [0.3, 0.4) is 0 Å². The van der Waals surface area contributed by atoms with Crippen LogP contribution in [0.25, 0.3) is 122 Å². The van der Waals surface area contributed by atoms with E-state index in [-0.39, 0.29) is 23.7 Å². The molecule has 0 radical (unpaired) electrons. The molecule has 0 aliphatic rings. The van der Waals surface area contributed by atoms with E-state index < -0.39 is 0 Å². The van der Waals surface area contributed by atoms with E-state index in [2.05, 4.69) is 247 Å². The lowest BCUT2D eigenvalue weighted by molar-refractivity contribution is 0.131. The van der Waals surface area contributed by atoms with Crippen molar-refractivity contribution < 1.29 is 19.7 Å². The molecule has 14 aromatic rings. The van der Waals surface area contributed by atoms with Crippen LogP contribution < -0.4 is 9.47 Å². The number of fused-ring (bicyclic) bond motifs is 6. The van der Waals surface area contributed by atoms with Crippen molar-refractivity contribution in [3.05, 3.63) is 276 Å². The van der Waals surface area contributed by atoms with Gasteiger partial charge in [-0.25, -0.2) is 0 Å². The summed E-state index contributed by atoms with van der Waals surface area (Å²) in [5.74, 6) is 1.65. The Bertz CT molecular complexity index is 4570. The van der Waals surface area contributed by atoms with E-state index in [1.807, 2.05) is 60.7 Å². The van der Waals surface area contributed by atoms with E-state index in [4.69, 9.17) is 9.47 Å². The Labute approximate surface area is 520 Å². The van der Waals surface area contributed by atoms with E-state index >= 15 is 0 Å². The first-order valence-electron chi connectivity index (χ1n) is 30.9. The van der Waals surface area contributed by atoms with Crippen molar-refractivity contribution in [3.63, 3.8) is 0 Å². The Hall–Kier alpha value is -10.6. The van der Waals surface area contributed by atoms with Crippen LogP contribution in [0.1, 0.15) is 53.6 Å². The van der Waals surface area contributed by atoms with Gasteiger partial charge >= 0.3 is 0 Å². The molecule has 0 saturated carbocycles. The number of aromatic nitrogens is 2. The summed E-state index contributed by atoms with van der Waals surface area (Å²) < 4.78 is 18.3. The average Bonchev–Trinajstić information content (AvgIpc) is 1.61. The predicted octanol–water partition coefficient (Wildman–Crippen LogP) is 21.8. The number of hydrogen-bond donors (Lipinski definition) is 2. The molecule has 6 heteroatoms. The van der Waals surface area contributed by atoms with E-state index in [0.29, 0.717) is 40.4 Å². The number of nitrogens with zero attached hydrogens (tertiary/aromatic N) is 2. The third-order valence-corrected chi connectivity index (χ3v) is 18.0. The van der Waals surface area contributed by atoms with Gasteiger partial charge in [0.1, 0.15) is 23.0 Å². The van der Waals surface area contributed by atoms with Crippen LogP contribution >= 0.6 is 0 Å². The third kappa shape index (κ3) is 10.2. The summed E-state index contributed by atoms with van der Waals surface area (Å²) in [6, 6.07) is 85.1. The minimum Gasteiger partial charge on any atom is -0.505 e. The van der Waals surface area contributed by atoms with Crippen LogP contribution in [-0.4, -0.2) is 31.6 Å². The van der Waals surface area contributed by atoms with Crippen molar-refractivity contribution in [1.82, 2.24) is 9.13 Å². The van der Waals surface area contributed by atoms with Crippen molar-refractivity contribution >= 4 is 43.6 Å². The zero-order chi connectivity index (χ0) is 61.2. The maximum absolute atomic E-state index is 12.8. The van der Waals surface area contributed by atoms with Crippen molar-refractivity contribution in [3.8, 4) is 101 Å². The lowest BCUT2D eigenvalue weighted by Gasteiger charge is -2.24. The Morgan fingerprint density at radius 1 is 0.303 bits per heavy atom. The lowest BCUT2D eigenvalue weighted by Crippen LogP contribution is -2.23. The maximum Gasteiger partial charge on any atom is 0.147 e. The predicted molar refractivity (Wildman–Crippen MR) is 371 cm³/mol. The molecule has 0 amide bonds. The molecular formula is C83H70N2O4. The second-order valence-electron chi connectivity index (χ2n) is 24.3. The smallest absolute Gasteiger partial charge is 0.147 e. The molecule has 12 aromatic carbocycles. The fraction of sp³-hybridized carbons (Fsp3) is 0.133. The highest BCUT2D eigenvalue weighted by Gasteiger charge is 2.25. The summed E-state index contributed by atoms with van der Waals surface area (Å²) in [5, 5.41) is 30.0. The van der Waals surface area contributed by atoms with Crippen molar-refractivity contribution in [2.75, 3.05) is 0 Å². The minimum absolute atomic E-state index is 0.164. The molecular weight excluding hydrogens is 1090 g/mol. The molecule has 0 unspecified atom stereocenters. The second kappa shape index (κ2) is 22.9. The van der Waals surface area contributed by atoms with Gasteiger partial charge in [-0.2, -0.15) is 0 Å². The normalized spacial score (nSPS) is 12.3. The summed E-state index contributed by atoms with van der Waals surface area (Å²) in [6.45, 7) is 16.9. The van der Waals surface area contributed by atoms with Crippen LogP contribution in [0.2, 0.25) is 0 Å². The van der Waals surface area contributed by atoms with Gasteiger partial charge in [-0.05, 0) is 218 Å². The van der Waals surface area contributed by atoms with Gasteiger partial charge in [-0.3, -0.25) is 0 Å². The number of benzene rings is 12. The Morgan fingerprint density at radius 2 is 0.573 bits per heavy atom. The van der Waals surface area contributed by atoms with Crippen LogP contribution in [-0.2, 0) is 0 Å². The molecule has 0 spiro atoms. The Balaban J connectivity index is 0.775. The second-order valence-corrected chi connectivity index (χ2v) is 24.3. The monoisotopic (exact) mass is 1160 g/mol. The Kier molecular flexibility index (Phi) is 14.5. The zero-order valence-corrected chi connectivity index (χ0v) is 51.6. The summed E-state index contributed by atoms with van der Waals surface area (Å²) >= 11 is 0. The minimum atomic E-state index is -0.293.